The van der Waals surface area contributed by atoms with Gasteiger partial charge in [0.05, 0.1) is 6.61 Å². The van der Waals surface area contributed by atoms with E-state index in [1.165, 1.54) is 0 Å². The highest BCUT2D eigenvalue weighted by molar-refractivity contribution is 8.33. The van der Waals surface area contributed by atoms with Gasteiger partial charge in [-0.05, 0) is 48.9 Å². The molecule has 0 spiro atoms. The second kappa shape index (κ2) is 9.37. The number of hydrogen-bond donors (Lipinski definition) is 0. The van der Waals surface area contributed by atoms with Gasteiger partial charge >= 0.3 is 10.1 Å². The van der Waals surface area contributed by atoms with Gasteiger partial charge in [0.15, 0.2) is 0 Å². The largest absolute Gasteiger partial charge is 0.493 e. The Morgan fingerprint density at radius 3 is 2.38 bits per heavy atom. The summed E-state index contributed by atoms with van der Waals surface area (Å²) in [6.07, 6.45) is 3.60. The minimum absolute atomic E-state index is 0.560. The van der Waals surface area contributed by atoms with Crippen molar-refractivity contribution in [3.63, 3.8) is 0 Å². The fraction of sp³-hybridized carbons (Fsp3) is 0.333. The van der Waals surface area contributed by atoms with Gasteiger partial charge in [-0.15, -0.1) is 0 Å². The molecule has 0 N–H and O–H groups in total. The van der Waals surface area contributed by atoms with Gasteiger partial charge in [0.1, 0.15) is 22.3 Å². The summed E-state index contributed by atoms with van der Waals surface area (Å²) in [5, 5.41) is 1.78. The van der Waals surface area contributed by atoms with Crippen molar-refractivity contribution >= 4 is 31.2 Å². The van der Waals surface area contributed by atoms with Crippen molar-refractivity contribution in [2.75, 3.05) is 18.1 Å². The maximum Gasteiger partial charge on any atom is 0.309 e. The summed E-state index contributed by atoms with van der Waals surface area (Å²) in [6.45, 7) is 2.70. The lowest BCUT2D eigenvalue weighted by atomic mass is 10.1. The minimum Gasteiger partial charge on any atom is -0.493 e. The third-order valence-corrected chi connectivity index (χ3v) is 11.3. The standard InChI is InChI=1S/C24H26F2O4S2/c1-2-3-14-29-22-11-13-23(20-9-5-4-8-19(20)22)31(15-6-7-16-31)30-32(27,28)24-12-10-18(25)17-21(24)26/h4-5,8-13,17H,2-3,6-7,14-16H2,1H3. The second-order valence-corrected chi connectivity index (χ2v) is 12.6. The molecule has 0 amide bonds. The van der Waals surface area contributed by atoms with Gasteiger partial charge in [-0.3, -0.25) is 0 Å². The summed E-state index contributed by atoms with van der Waals surface area (Å²) in [7, 11) is -6.68. The monoisotopic (exact) mass is 480 g/mol. The summed E-state index contributed by atoms with van der Waals surface area (Å²) >= 11 is 0. The summed E-state index contributed by atoms with van der Waals surface area (Å²) < 4.78 is 65.6. The Kier molecular flexibility index (Phi) is 6.74. The Hall–Kier alpha value is -2.16. The average Bonchev–Trinajstić information content (AvgIpc) is 3.22. The number of benzene rings is 3. The zero-order valence-electron chi connectivity index (χ0n) is 17.9. The Morgan fingerprint density at radius 2 is 1.69 bits per heavy atom. The van der Waals surface area contributed by atoms with E-state index in [1.54, 1.807) is 0 Å². The van der Waals surface area contributed by atoms with Crippen molar-refractivity contribution in [3.8, 4) is 5.75 Å². The van der Waals surface area contributed by atoms with Crippen LogP contribution in [0.1, 0.15) is 32.6 Å². The lowest BCUT2D eigenvalue weighted by Crippen LogP contribution is -2.16. The topological polar surface area (TPSA) is 52.6 Å². The molecule has 32 heavy (non-hydrogen) atoms. The van der Waals surface area contributed by atoms with E-state index in [2.05, 4.69) is 6.92 Å². The molecule has 8 heteroatoms. The third-order valence-electron chi connectivity index (χ3n) is 5.58. The number of halogens is 2. The highest BCUT2D eigenvalue weighted by atomic mass is 32.3. The van der Waals surface area contributed by atoms with Gasteiger partial charge in [-0.1, -0.05) is 47.9 Å². The van der Waals surface area contributed by atoms with Gasteiger partial charge in [0.2, 0.25) is 0 Å². The Bertz CT molecular complexity index is 1220. The molecule has 1 aliphatic rings. The van der Waals surface area contributed by atoms with Crippen LogP contribution >= 0.6 is 10.3 Å². The lowest BCUT2D eigenvalue weighted by Gasteiger charge is -2.35. The van der Waals surface area contributed by atoms with Crippen molar-refractivity contribution in [1.29, 1.82) is 0 Å². The molecule has 1 aliphatic heterocycles. The normalized spacial score (nSPS) is 16.8. The van der Waals surface area contributed by atoms with E-state index in [9.17, 15) is 17.2 Å². The highest BCUT2D eigenvalue weighted by Crippen LogP contribution is 2.65. The molecule has 4 rings (SSSR count). The Labute approximate surface area is 189 Å². The van der Waals surface area contributed by atoms with E-state index in [0.717, 1.165) is 59.2 Å². The summed E-state index contributed by atoms with van der Waals surface area (Å²) in [5.41, 5.74) is 0. The first-order valence-corrected chi connectivity index (χ1v) is 14.0. The summed E-state index contributed by atoms with van der Waals surface area (Å²) in [5.74, 6) is -0.113. The van der Waals surface area contributed by atoms with Gasteiger partial charge < -0.3 is 4.74 Å². The molecule has 0 aromatic heterocycles. The molecule has 0 aliphatic carbocycles. The quantitative estimate of drug-likeness (QED) is 0.342. The van der Waals surface area contributed by atoms with Crippen LogP contribution in [0.2, 0.25) is 0 Å². The number of rotatable bonds is 8. The van der Waals surface area contributed by atoms with E-state index < -0.39 is 37.0 Å². The molecular weight excluding hydrogens is 454 g/mol. The Morgan fingerprint density at radius 1 is 0.969 bits per heavy atom. The van der Waals surface area contributed by atoms with Crippen LogP contribution in [0, 0.1) is 11.6 Å². The second-order valence-electron chi connectivity index (χ2n) is 7.83. The number of ether oxygens (including phenoxy) is 1. The van der Waals surface area contributed by atoms with Gasteiger partial charge in [-0.25, -0.2) is 12.4 Å². The zero-order valence-corrected chi connectivity index (χ0v) is 19.5. The smallest absolute Gasteiger partial charge is 0.309 e. The van der Waals surface area contributed by atoms with Crippen LogP contribution in [0.15, 0.2) is 64.4 Å². The molecule has 0 unspecified atom stereocenters. The predicted molar refractivity (Wildman–Crippen MR) is 124 cm³/mol. The first-order chi connectivity index (χ1) is 15.4. The van der Waals surface area contributed by atoms with E-state index in [4.69, 9.17) is 8.37 Å². The van der Waals surface area contributed by atoms with Gasteiger partial charge in [0.25, 0.3) is 0 Å². The minimum atomic E-state index is -4.43. The van der Waals surface area contributed by atoms with E-state index in [-0.39, 0.29) is 0 Å². The van der Waals surface area contributed by atoms with Crippen LogP contribution in [0.4, 0.5) is 8.78 Å². The maximum absolute atomic E-state index is 14.3. The molecule has 1 fully saturated rings. The molecule has 0 radical (unpaired) electrons. The lowest BCUT2D eigenvalue weighted by molar-refractivity contribution is 0.313. The van der Waals surface area contributed by atoms with Crippen LogP contribution < -0.4 is 4.74 Å². The van der Waals surface area contributed by atoms with Crippen molar-refractivity contribution in [1.82, 2.24) is 0 Å². The molecule has 1 saturated heterocycles. The average molecular weight is 481 g/mol. The van der Waals surface area contributed by atoms with Crippen molar-refractivity contribution in [2.24, 2.45) is 0 Å². The molecule has 172 valence electrons. The molecule has 0 atom stereocenters. The number of hydrogen-bond acceptors (Lipinski definition) is 4. The maximum atomic E-state index is 14.3. The van der Waals surface area contributed by atoms with Crippen molar-refractivity contribution < 1.29 is 25.6 Å². The first-order valence-electron chi connectivity index (χ1n) is 10.7. The van der Waals surface area contributed by atoms with Crippen LogP contribution in [0.25, 0.3) is 10.8 Å². The first kappa shape index (κ1) is 23.0. The SMILES string of the molecule is CCCCOc1ccc(S2(OS(=O)(=O)c3ccc(F)cc3F)CCCC2)c2ccccc12. The molecular formula is C24H26F2O4S2. The third kappa shape index (κ3) is 4.49. The van der Waals surface area contributed by atoms with Crippen LogP contribution in [0.5, 0.6) is 5.75 Å². The molecule has 4 nitrogen and oxygen atoms in total. The number of unbranched alkanes of at least 4 members (excludes halogenated alkanes) is 1. The molecule has 0 bridgehead atoms. The summed E-state index contributed by atoms with van der Waals surface area (Å²) in [4.78, 5) is 0.182. The van der Waals surface area contributed by atoms with Crippen LogP contribution in [-0.2, 0) is 13.7 Å². The number of fused-ring (bicyclic) bond motifs is 1. The fourth-order valence-electron chi connectivity index (χ4n) is 4.00. The van der Waals surface area contributed by atoms with E-state index in [1.807, 2.05) is 36.4 Å². The summed E-state index contributed by atoms with van der Waals surface area (Å²) in [6, 6.07) is 13.9. The van der Waals surface area contributed by atoms with E-state index >= 15 is 0 Å². The van der Waals surface area contributed by atoms with Gasteiger partial charge in [0, 0.05) is 27.9 Å². The van der Waals surface area contributed by atoms with Gasteiger partial charge in [-0.2, -0.15) is 8.42 Å². The van der Waals surface area contributed by atoms with Crippen LogP contribution in [-0.4, -0.2) is 26.5 Å². The highest BCUT2D eigenvalue weighted by Gasteiger charge is 2.39. The fourth-order valence-corrected chi connectivity index (χ4v) is 9.92. The molecule has 1 heterocycles. The van der Waals surface area contributed by atoms with E-state index in [0.29, 0.717) is 24.2 Å². The predicted octanol–water partition coefficient (Wildman–Crippen LogP) is 6.57. The Balaban J connectivity index is 1.78. The zero-order chi connectivity index (χ0) is 22.8. The van der Waals surface area contributed by atoms with Crippen molar-refractivity contribution in [2.45, 2.75) is 42.4 Å². The molecule has 3 aromatic rings. The molecule has 0 saturated carbocycles. The molecule has 3 aromatic carbocycles. The van der Waals surface area contributed by atoms with Crippen molar-refractivity contribution in [3.05, 3.63) is 66.2 Å². The van der Waals surface area contributed by atoms with Crippen LogP contribution in [0.3, 0.4) is 0 Å².